The zero-order valence-corrected chi connectivity index (χ0v) is 12.3. The van der Waals surface area contributed by atoms with Gasteiger partial charge < -0.3 is 5.11 Å². The third kappa shape index (κ3) is 3.38. The summed E-state index contributed by atoms with van der Waals surface area (Å²) in [5.74, 6) is -4.09. The van der Waals surface area contributed by atoms with Crippen molar-refractivity contribution in [2.75, 3.05) is 13.1 Å². The van der Waals surface area contributed by atoms with Crippen LogP contribution in [0.2, 0.25) is 0 Å². The summed E-state index contributed by atoms with van der Waals surface area (Å²) in [6, 6.07) is 0.674. The monoisotopic (exact) mass is 323 g/mol. The van der Waals surface area contributed by atoms with Crippen molar-refractivity contribution < 1.29 is 26.7 Å². The number of hydrogen-bond acceptors (Lipinski definition) is 3. The molecule has 118 valence electrons. The van der Waals surface area contributed by atoms with Crippen LogP contribution in [0.15, 0.2) is 17.0 Å². The summed E-state index contributed by atoms with van der Waals surface area (Å²) in [4.78, 5) is -1.15. The van der Waals surface area contributed by atoms with Gasteiger partial charge in [-0.3, -0.25) is 0 Å². The van der Waals surface area contributed by atoms with E-state index in [2.05, 4.69) is 0 Å². The maximum Gasteiger partial charge on any atom is 0.248 e. The topological polar surface area (TPSA) is 57.6 Å². The van der Waals surface area contributed by atoms with E-state index in [0.29, 0.717) is 25.0 Å². The van der Waals surface area contributed by atoms with Gasteiger partial charge in [-0.1, -0.05) is 0 Å². The second-order valence-corrected chi connectivity index (χ2v) is 7.33. The first kappa shape index (κ1) is 16.3. The lowest BCUT2D eigenvalue weighted by Crippen LogP contribution is -2.34. The van der Waals surface area contributed by atoms with Gasteiger partial charge in [0.2, 0.25) is 10.0 Å². The Morgan fingerprint density at radius 3 is 2.29 bits per heavy atom. The Balaban J connectivity index is 2.39. The van der Waals surface area contributed by atoms with Gasteiger partial charge in [0.15, 0.2) is 4.90 Å². The zero-order valence-electron chi connectivity index (χ0n) is 11.4. The summed E-state index contributed by atoms with van der Waals surface area (Å²) in [7, 11) is -4.41. The molecule has 1 aliphatic rings. The second-order valence-electron chi connectivity index (χ2n) is 5.45. The van der Waals surface area contributed by atoms with Crippen molar-refractivity contribution in [3.05, 3.63) is 29.6 Å². The fourth-order valence-corrected chi connectivity index (χ4v) is 3.95. The van der Waals surface area contributed by atoms with E-state index in [1.54, 1.807) is 6.92 Å². The van der Waals surface area contributed by atoms with Gasteiger partial charge in [-0.15, -0.1) is 0 Å². The Hall–Kier alpha value is -1.12. The van der Waals surface area contributed by atoms with Crippen LogP contribution in [0, 0.1) is 17.5 Å². The van der Waals surface area contributed by atoms with Crippen molar-refractivity contribution in [1.29, 1.82) is 0 Å². The van der Waals surface area contributed by atoms with E-state index in [-0.39, 0.29) is 19.5 Å². The largest absolute Gasteiger partial charge is 0.390 e. The molecule has 0 radical (unpaired) electrons. The van der Waals surface area contributed by atoms with E-state index in [4.69, 9.17) is 0 Å². The summed E-state index contributed by atoms with van der Waals surface area (Å²) < 4.78 is 65.9. The summed E-state index contributed by atoms with van der Waals surface area (Å²) in [6.45, 7) is 1.59. The van der Waals surface area contributed by atoms with E-state index in [1.165, 1.54) is 0 Å². The number of benzene rings is 1. The summed E-state index contributed by atoms with van der Waals surface area (Å²) in [6.07, 6.45) is 0.931. The van der Waals surface area contributed by atoms with E-state index in [0.717, 1.165) is 4.31 Å². The highest BCUT2D eigenvalue weighted by Crippen LogP contribution is 2.28. The predicted molar refractivity (Wildman–Crippen MR) is 69.5 cm³/mol. The molecular weight excluding hydrogens is 307 g/mol. The molecule has 1 aromatic carbocycles. The Kier molecular flexibility index (Phi) is 4.32. The van der Waals surface area contributed by atoms with Crippen molar-refractivity contribution in [3.8, 4) is 0 Å². The van der Waals surface area contributed by atoms with Crippen molar-refractivity contribution in [2.24, 2.45) is 0 Å². The Morgan fingerprint density at radius 2 is 1.71 bits per heavy atom. The van der Waals surface area contributed by atoms with Crippen LogP contribution in [0.5, 0.6) is 0 Å². The molecule has 1 aliphatic heterocycles. The molecule has 0 spiro atoms. The van der Waals surface area contributed by atoms with Gasteiger partial charge in [0, 0.05) is 25.2 Å². The quantitative estimate of drug-likeness (QED) is 0.906. The SMILES string of the molecule is CC1(O)CCCN(S(=O)(=O)c2c(F)cc(F)cc2F)CC1. The van der Waals surface area contributed by atoms with E-state index < -0.39 is 38.0 Å². The third-order valence-corrected chi connectivity index (χ3v) is 5.53. The van der Waals surface area contributed by atoms with Gasteiger partial charge in [0.05, 0.1) is 5.60 Å². The van der Waals surface area contributed by atoms with Crippen LogP contribution in [-0.4, -0.2) is 36.5 Å². The number of aliphatic hydroxyl groups is 1. The van der Waals surface area contributed by atoms with Gasteiger partial charge in [-0.2, -0.15) is 4.31 Å². The van der Waals surface area contributed by atoms with Gasteiger partial charge in [-0.05, 0) is 26.2 Å². The molecule has 1 heterocycles. The fraction of sp³-hybridized carbons (Fsp3) is 0.538. The van der Waals surface area contributed by atoms with Crippen molar-refractivity contribution in [3.63, 3.8) is 0 Å². The van der Waals surface area contributed by atoms with Gasteiger partial charge in [0.25, 0.3) is 0 Å². The first-order valence-corrected chi connectivity index (χ1v) is 7.94. The summed E-state index contributed by atoms with van der Waals surface area (Å²) >= 11 is 0. The number of rotatable bonds is 2. The number of sulfonamides is 1. The molecule has 8 heteroatoms. The van der Waals surface area contributed by atoms with Crippen molar-refractivity contribution >= 4 is 10.0 Å². The molecule has 0 aliphatic carbocycles. The van der Waals surface area contributed by atoms with Crippen LogP contribution >= 0.6 is 0 Å². The van der Waals surface area contributed by atoms with E-state index in [1.807, 2.05) is 0 Å². The smallest absolute Gasteiger partial charge is 0.248 e. The molecule has 4 nitrogen and oxygen atoms in total. The average molecular weight is 323 g/mol. The lowest BCUT2D eigenvalue weighted by atomic mass is 9.98. The van der Waals surface area contributed by atoms with Gasteiger partial charge >= 0.3 is 0 Å². The van der Waals surface area contributed by atoms with Crippen LogP contribution in [0.1, 0.15) is 26.2 Å². The zero-order chi connectivity index (χ0) is 15.8. The van der Waals surface area contributed by atoms with Gasteiger partial charge in [-0.25, -0.2) is 21.6 Å². The highest BCUT2D eigenvalue weighted by molar-refractivity contribution is 7.89. The minimum absolute atomic E-state index is 0.0500. The molecule has 1 fully saturated rings. The third-order valence-electron chi connectivity index (χ3n) is 3.58. The second kappa shape index (κ2) is 5.58. The van der Waals surface area contributed by atoms with Crippen molar-refractivity contribution in [2.45, 2.75) is 36.7 Å². The maximum atomic E-state index is 13.7. The molecule has 0 amide bonds. The molecule has 2 rings (SSSR count). The minimum atomic E-state index is -4.41. The van der Waals surface area contributed by atoms with E-state index >= 15 is 0 Å². The van der Waals surface area contributed by atoms with E-state index in [9.17, 15) is 26.7 Å². The van der Waals surface area contributed by atoms with Crippen LogP contribution in [0.3, 0.4) is 0 Å². The standard InChI is InChI=1S/C13H16F3NO3S/c1-13(18)3-2-5-17(6-4-13)21(19,20)12-10(15)7-9(14)8-11(12)16/h7-8,18H,2-6H2,1H3. The first-order valence-electron chi connectivity index (χ1n) is 6.50. The Morgan fingerprint density at radius 1 is 1.14 bits per heavy atom. The molecule has 0 saturated carbocycles. The Labute approximate surface area is 121 Å². The molecule has 1 aromatic rings. The van der Waals surface area contributed by atoms with Crippen LogP contribution in [-0.2, 0) is 10.0 Å². The average Bonchev–Trinajstić information content (AvgIpc) is 2.48. The molecule has 1 atom stereocenters. The Bertz CT molecular complexity index is 623. The lowest BCUT2D eigenvalue weighted by molar-refractivity contribution is 0.0465. The number of nitrogens with zero attached hydrogens (tertiary/aromatic N) is 1. The van der Waals surface area contributed by atoms with Crippen LogP contribution in [0.4, 0.5) is 13.2 Å². The normalized spacial score (nSPS) is 24.8. The molecule has 0 bridgehead atoms. The first-order chi connectivity index (χ1) is 9.63. The lowest BCUT2D eigenvalue weighted by Gasteiger charge is -2.22. The maximum absolute atomic E-state index is 13.7. The molecule has 0 aromatic heterocycles. The number of hydrogen-bond donors (Lipinski definition) is 1. The van der Waals surface area contributed by atoms with Crippen molar-refractivity contribution in [1.82, 2.24) is 4.31 Å². The summed E-state index contributed by atoms with van der Waals surface area (Å²) in [5.41, 5.74) is -1.01. The van der Waals surface area contributed by atoms with Crippen LogP contribution < -0.4 is 0 Å². The molecule has 21 heavy (non-hydrogen) atoms. The highest BCUT2D eigenvalue weighted by Gasteiger charge is 2.35. The summed E-state index contributed by atoms with van der Waals surface area (Å²) in [5, 5.41) is 9.93. The van der Waals surface area contributed by atoms with Gasteiger partial charge in [0.1, 0.15) is 17.5 Å². The van der Waals surface area contributed by atoms with Crippen LogP contribution in [0.25, 0.3) is 0 Å². The molecular formula is C13H16F3NO3S. The highest BCUT2D eigenvalue weighted by atomic mass is 32.2. The molecule has 1 saturated heterocycles. The minimum Gasteiger partial charge on any atom is -0.390 e. The number of halogens is 3. The fourth-order valence-electron chi connectivity index (χ4n) is 2.38. The molecule has 1 unspecified atom stereocenters. The molecule has 1 N–H and O–H groups in total. The predicted octanol–water partition coefficient (Wildman–Crippen LogP) is 2.03.